The predicted octanol–water partition coefficient (Wildman–Crippen LogP) is 6.06. The van der Waals surface area contributed by atoms with Crippen LogP contribution >= 0.6 is 27.3 Å². The Morgan fingerprint density at radius 1 is 1.00 bits per heavy atom. The lowest BCUT2D eigenvalue weighted by Gasteiger charge is -2.08. The molecule has 5 nitrogen and oxygen atoms in total. The number of halogens is 1. The summed E-state index contributed by atoms with van der Waals surface area (Å²) in [4.78, 5) is 18.0. The Morgan fingerprint density at radius 2 is 1.68 bits per heavy atom. The predicted molar refractivity (Wildman–Crippen MR) is 128 cm³/mol. The van der Waals surface area contributed by atoms with Crippen molar-refractivity contribution in [2.75, 3.05) is 5.32 Å². The van der Waals surface area contributed by atoms with Crippen LogP contribution in [-0.4, -0.2) is 10.5 Å². The Hall–Kier alpha value is -3.16. The minimum Gasteiger partial charge on any atom is -0.457 e. The van der Waals surface area contributed by atoms with Crippen molar-refractivity contribution in [2.45, 2.75) is 6.42 Å². The summed E-state index contributed by atoms with van der Waals surface area (Å²) < 4.78 is 8.74. The summed E-state index contributed by atoms with van der Waals surface area (Å²) in [7, 11) is 1.92. The number of amides is 1. The van der Waals surface area contributed by atoms with Crippen LogP contribution in [0.2, 0.25) is 0 Å². The van der Waals surface area contributed by atoms with Crippen LogP contribution in [0.1, 0.15) is 5.69 Å². The smallest absolute Gasteiger partial charge is 0.230 e. The van der Waals surface area contributed by atoms with Crippen molar-refractivity contribution >= 4 is 44.5 Å². The number of carbonyl (C=O) groups excluding carboxylic acids is 1. The van der Waals surface area contributed by atoms with Gasteiger partial charge in [-0.15, -0.1) is 11.3 Å². The summed E-state index contributed by atoms with van der Waals surface area (Å²) in [6, 6.07) is 24.7. The normalized spacial score (nSPS) is 11.4. The standard InChI is InChI=1S/C24H20BrN3O2S/c1-28-20(16-31-24(28)27-19-9-7-17(25)8-10-19)15-23(29)26-18-11-13-22(14-12-18)30-21-5-3-2-4-6-21/h2-14,16H,15H2,1H3,(H,26,29). The fourth-order valence-corrected chi connectivity index (χ4v) is 4.07. The lowest BCUT2D eigenvalue weighted by Crippen LogP contribution is -2.19. The number of nitrogens with one attached hydrogen (secondary N) is 1. The van der Waals surface area contributed by atoms with E-state index in [0.29, 0.717) is 5.75 Å². The maximum absolute atomic E-state index is 12.5. The van der Waals surface area contributed by atoms with E-state index >= 15 is 0 Å². The van der Waals surface area contributed by atoms with E-state index in [1.807, 2.05) is 95.9 Å². The fourth-order valence-electron chi connectivity index (χ4n) is 2.89. The summed E-state index contributed by atoms with van der Waals surface area (Å²) in [5.74, 6) is 1.40. The molecule has 0 aliphatic rings. The molecule has 0 saturated heterocycles. The van der Waals surface area contributed by atoms with Crippen molar-refractivity contribution in [1.82, 2.24) is 4.57 Å². The Kier molecular flexibility index (Phi) is 6.64. The third kappa shape index (κ3) is 5.71. The van der Waals surface area contributed by atoms with Crippen LogP contribution in [0.4, 0.5) is 11.4 Å². The molecule has 31 heavy (non-hydrogen) atoms. The molecule has 1 heterocycles. The van der Waals surface area contributed by atoms with E-state index in [4.69, 9.17) is 4.74 Å². The number of benzene rings is 3. The van der Waals surface area contributed by atoms with Gasteiger partial charge in [0.2, 0.25) is 5.91 Å². The third-order valence-corrected chi connectivity index (χ3v) is 6.02. The summed E-state index contributed by atoms with van der Waals surface area (Å²) in [5.41, 5.74) is 2.50. The van der Waals surface area contributed by atoms with E-state index in [2.05, 4.69) is 26.2 Å². The summed E-state index contributed by atoms with van der Waals surface area (Å²) in [6.45, 7) is 0. The first-order valence-corrected chi connectivity index (χ1v) is 11.3. The monoisotopic (exact) mass is 493 g/mol. The molecule has 0 spiro atoms. The molecule has 0 aliphatic carbocycles. The number of ether oxygens (including phenoxy) is 1. The van der Waals surface area contributed by atoms with Crippen LogP contribution in [0.3, 0.4) is 0 Å². The molecule has 0 saturated carbocycles. The molecule has 0 atom stereocenters. The molecule has 1 aromatic heterocycles. The van der Waals surface area contributed by atoms with Crippen molar-refractivity contribution in [2.24, 2.45) is 12.0 Å². The highest BCUT2D eigenvalue weighted by Gasteiger charge is 2.09. The van der Waals surface area contributed by atoms with Crippen molar-refractivity contribution in [3.63, 3.8) is 0 Å². The molecule has 0 aliphatic heterocycles. The minimum atomic E-state index is -0.0830. The molecule has 0 radical (unpaired) electrons. The zero-order valence-corrected chi connectivity index (χ0v) is 19.2. The van der Waals surface area contributed by atoms with Gasteiger partial charge in [-0.1, -0.05) is 34.1 Å². The zero-order valence-electron chi connectivity index (χ0n) is 16.8. The number of rotatable bonds is 6. The first-order valence-electron chi connectivity index (χ1n) is 9.63. The van der Waals surface area contributed by atoms with Gasteiger partial charge in [-0.05, 0) is 60.7 Å². The van der Waals surface area contributed by atoms with Crippen molar-refractivity contribution < 1.29 is 9.53 Å². The van der Waals surface area contributed by atoms with E-state index in [9.17, 15) is 4.79 Å². The molecule has 4 rings (SSSR count). The van der Waals surface area contributed by atoms with Crippen molar-refractivity contribution in [3.8, 4) is 11.5 Å². The lowest BCUT2D eigenvalue weighted by atomic mass is 10.2. The lowest BCUT2D eigenvalue weighted by molar-refractivity contribution is -0.115. The summed E-state index contributed by atoms with van der Waals surface area (Å²) in [6.07, 6.45) is 0.269. The van der Waals surface area contributed by atoms with Gasteiger partial charge in [-0.25, -0.2) is 4.99 Å². The highest BCUT2D eigenvalue weighted by Crippen LogP contribution is 2.23. The Balaban J connectivity index is 1.39. The number of thiazole rings is 1. The van der Waals surface area contributed by atoms with Crippen LogP contribution in [0.25, 0.3) is 0 Å². The average Bonchev–Trinajstić information content (AvgIpc) is 3.11. The first-order chi connectivity index (χ1) is 15.1. The first kappa shape index (κ1) is 21.1. The molecule has 3 aromatic carbocycles. The van der Waals surface area contributed by atoms with Gasteiger partial charge in [0, 0.05) is 28.3 Å². The second-order valence-electron chi connectivity index (χ2n) is 6.82. The van der Waals surface area contributed by atoms with E-state index in [1.165, 1.54) is 11.3 Å². The molecule has 1 N–H and O–H groups in total. The second kappa shape index (κ2) is 9.76. The van der Waals surface area contributed by atoms with Gasteiger partial charge >= 0.3 is 0 Å². The number of aromatic nitrogens is 1. The van der Waals surface area contributed by atoms with Crippen LogP contribution in [0, 0.1) is 0 Å². The molecular formula is C24H20BrN3O2S. The van der Waals surface area contributed by atoms with Gasteiger partial charge in [0.25, 0.3) is 0 Å². The van der Waals surface area contributed by atoms with Gasteiger partial charge in [-0.3, -0.25) is 4.79 Å². The molecule has 0 bridgehead atoms. The number of anilines is 1. The quantitative estimate of drug-likeness (QED) is 0.355. The number of hydrogen-bond donors (Lipinski definition) is 1. The number of hydrogen-bond acceptors (Lipinski definition) is 4. The molecule has 0 unspecified atom stereocenters. The maximum atomic E-state index is 12.5. The Bertz CT molecular complexity index is 1230. The molecule has 0 fully saturated rings. The topological polar surface area (TPSA) is 55.6 Å². The highest BCUT2D eigenvalue weighted by molar-refractivity contribution is 9.10. The largest absolute Gasteiger partial charge is 0.457 e. The van der Waals surface area contributed by atoms with Gasteiger partial charge in [0.1, 0.15) is 11.5 Å². The summed E-state index contributed by atoms with van der Waals surface area (Å²) >= 11 is 4.94. The minimum absolute atomic E-state index is 0.0830. The molecule has 156 valence electrons. The van der Waals surface area contributed by atoms with Crippen molar-refractivity contribution in [3.05, 3.63) is 99.2 Å². The van der Waals surface area contributed by atoms with E-state index in [1.54, 1.807) is 0 Å². The number of carbonyl (C=O) groups is 1. The zero-order chi connectivity index (χ0) is 21.6. The number of nitrogens with zero attached hydrogens (tertiary/aromatic N) is 2. The number of para-hydroxylation sites is 1. The molecule has 1 amide bonds. The second-order valence-corrected chi connectivity index (χ2v) is 8.57. The molecule has 4 aromatic rings. The molecule has 7 heteroatoms. The maximum Gasteiger partial charge on any atom is 0.230 e. The third-order valence-electron chi connectivity index (χ3n) is 4.53. The van der Waals surface area contributed by atoms with Crippen molar-refractivity contribution in [1.29, 1.82) is 0 Å². The molecular weight excluding hydrogens is 474 g/mol. The van der Waals surface area contributed by atoms with Crippen LogP contribution in [0.5, 0.6) is 11.5 Å². The SMILES string of the molecule is Cn1c(CC(=O)Nc2ccc(Oc3ccccc3)cc2)csc1=Nc1ccc(Br)cc1. The van der Waals surface area contributed by atoms with Gasteiger partial charge < -0.3 is 14.6 Å². The fraction of sp³-hybridized carbons (Fsp3) is 0.0833. The van der Waals surface area contributed by atoms with E-state index < -0.39 is 0 Å². The van der Waals surface area contributed by atoms with Crippen LogP contribution in [-0.2, 0) is 18.3 Å². The Labute approximate surface area is 192 Å². The van der Waals surface area contributed by atoms with Crippen LogP contribution < -0.4 is 14.9 Å². The van der Waals surface area contributed by atoms with Gasteiger partial charge in [0.15, 0.2) is 4.80 Å². The summed E-state index contributed by atoms with van der Waals surface area (Å²) in [5, 5.41) is 4.90. The highest BCUT2D eigenvalue weighted by atomic mass is 79.9. The average molecular weight is 494 g/mol. The van der Waals surface area contributed by atoms with Crippen LogP contribution in [0.15, 0.2) is 93.7 Å². The Morgan fingerprint density at radius 3 is 2.39 bits per heavy atom. The van der Waals surface area contributed by atoms with E-state index in [-0.39, 0.29) is 12.3 Å². The van der Waals surface area contributed by atoms with Gasteiger partial charge in [0.05, 0.1) is 12.1 Å². The van der Waals surface area contributed by atoms with Gasteiger partial charge in [-0.2, -0.15) is 0 Å². The van der Waals surface area contributed by atoms with E-state index in [0.717, 1.165) is 32.1 Å².